The first-order chi connectivity index (χ1) is 19.4. The number of aliphatic hydroxyl groups is 1. The van der Waals surface area contributed by atoms with Crippen LogP contribution in [0.4, 0.5) is 14.6 Å². The highest BCUT2D eigenvalue weighted by Crippen LogP contribution is 2.49. The van der Waals surface area contributed by atoms with Crippen LogP contribution in [0.1, 0.15) is 24.3 Å². The molecule has 1 aromatic heterocycles. The number of aromatic nitrogens is 2. The van der Waals surface area contributed by atoms with Gasteiger partial charge in [0.15, 0.2) is 18.0 Å². The van der Waals surface area contributed by atoms with E-state index < -0.39 is 43.8 Å². The van der Waals surface area contributed by atoms with Crippen molar-refractivity contribution in [3.8, 4) is 11.5 Å². The van der Waals surface area contributed by atoms with Crippen molar-refractivity contribution >= 4 is 13.5 Å². The molecule has 0 aliphatic carbocycles. The predicted octanol–water partition coefficient (Wildman–Crippen LogP) is 2.83. The molecule has 1 aliphatic heterocycles. The Bertz CT molecular complexity index is 1390. The van der Waals surface area contributed by atoms with Crippen LogP contribution in [0.5, 0.6) is 11.5 Å². The van der Waals surface area contributed by atoms with E-state index in [4.69, 9.17) is 24.5 Å². The van der Waals surface area contributed by atoms with Crippen molar-refractivity contribution in [3.63, 3.8) is 0 Å². The third-order valence-electron chi connectivity index (χ3n) is 6.58. The highest BCUT2D eigenvalue weighted by Gasteiger charge is 2.65. The number of hydrogen-bond donors (Lipinski definition) is 4. The molecule has 1 saturated heterocycles. The molecular formula is C26H32F2N5O7P. The van der Waals surface area contributed by atoms with E-state index in [1.165, 1.54) is 20.3 Å². The van der Waals surface area contributed by atoms with Crippen molar-refractivity contribution < 1.29 is 37.2 Å². The number of nitrogens with zero attached hydrogens (tertiary/aromatic N) is 2. The SMILES string of the molecule is COc1ccc(CNP(=O)(NCc2ccc(OC)cc2)OC[C@@]2(F)O[C@@H](n3ccc(N)nc3=O)[C@](C)(F)[C@@H]2O)cc1. The highest BCUT2D eigenvalue weighted by atomic mass is 31.2. The third kappa shape index (κ3) is 6.92. The Morgan fingerprint density at radius 2 is 1.54 bits per heavy atom. The number of ether oxygens (including phenoxy) is 3. The van der Waals surface area contributed by atoms with E-state index in [0.29, 0.717) is 27.2 Å². The first-order valence-electron chi connectivity index (χ1n) is 12.5. The number of anilines is 1. The summed E-state index contributed by atoms with van der Waals surface area (Å²) in [5, 5.41) is 16.1. The van der Waals surface area contributed by atoms with Gasteiger partial charge in [-0.3, -0.25) is 9.13 Å². The minimum atomic E-state index is -4.07. The van der Waals surface area contributed by atoms with Crippen molar-refractivity contribution in [2.24, 2.45) is 0 Å². The molecule has 12 nitrogen and oxygen atoms in total. The topological polar surface area (TPSA) is 159 Å². The maximum absolute atomic E-state index is 16.0. The normalized spacial score (nSPS) is 24.3. The molecule has 1 fully saturated rings. The zero-order valence-electron chi connectivity index (χ0n) is 22.6. The summed E-state index contributed by atoms with van der Waals surface area (Å²) in [5.41, 5.74) is 3.09. The fraction of sp³-hybridized carbons (Fsp3) is 0.385. The summed E-state index contributed by atoms with van der Waals surface area (Å²) in [6.45, 7) is -0.204. The Morgan fingerprint density at radius 1 is 1.02 bits per heavy atom. The molecule has 0 amide bonds. The van der Waals surface area contributed by atoms with Gasteiger partial charge in [0.1, 0.15) is 23.9 Å². The van der Waals surface area contributed by atoms with E-state index in [0.717, 1.165) is 13.1 Å². The summed E-state index contributed by atoms with van der Waals surface area (Å²) in [6.07, 6.45) is -3.25. The molecule has 0 saturated carbocycles. The Morgan fingerprint density at radius 3 is 2.00 bits per heavy atom. The number of nitrogens with two attached hydrogens (primary N) is 1. The van der Waals surface area contributed by atoms with Gasteiger partial charge in [0.25, 0.3) is 5.85 Å². The Hall–Kier alpha value is -3.39. The van der Waals surface area contributed by atoms with E-state index in [1.807, 2.05) is 0 Å². The largest absolute Gasteiger partial charge is 0.497 e. The molecule has 0 bridgehead atoms. The predicted molar refractivity (Wildman–Crippen MR) is 146 cm³/mol. The average Bonchev–Trinajstić information content (AvgIpc) is 3.15. The smallest absolute Gasteiger partial charge is 0.351 e. The van der Waals surface area contributed by atoms with Crippen molar-refractivity contribution in [3.05, 3.63) is 82.4 Å². The van der Waals surface area contributed by atoms with Gasteiger partial charge >= 0.3 is 13.4 Å². The van der Waals surface area contributed by atoms with Crippen LogP contribution in [0.25, 0.3) is 0 Å². The minimum absolute atomic E-state index is 0.0372. The fourth-order valence-electron chi connectivity index (χ4n) is 4.17. The molecule has 41 heavy (non-hydrogen) atoms. The Kier molecular flexibility index (Phi) is 9.12. The van der Waals surface area contributed by atoms with Gasteiger partial charge in [-0.1, -0.05) is 24.3 Å². The number of aliphatic hydroxyl groups excluding tert-OH is 1. The molecular weight excluding hydrogens is 563 g/mol. The molecule has 2 heterocycles. The lowest BCUT2D eigenvalue weighted by Crippen LogP contribution is -2.47. The van der Waals surface area contributed by atoms with E-state index in [9.17, 15) is 14.5 Å². The van der Waals surface area contributed by atoms with Gasteiger partial charge in [0.2, 0.25) is 0 Å². The van der Waals surface area contributed by atoms with Crippen LogP contribution in [0.3, 0.4) is 0 Å². The summed E-state index contributed by atoms with van der Waals surface area (Å²) in [4.78, 5) is 15.8. The minimum Gasteiger partial charge on any atom is -0.497 e. The summed E-state index contributed by atoms with van der Waals surface area (Å²) in [5.74, 6) is -2.07. The number of methoxy groups -OCH3 is 2. The quantitative estimate of drug-likeness (QED) is 0.228. The number of halogens is 2. The van der Waals surface area contributed by atoms with E-state index in [1.54, 1.807) is 48.5 Å². The molecule has 0 radical (unpaired) electrons. The first kappa shape index (κ1) is 30.6. The van der Waals surface area contributed by atoms with Crippen LogP contribution < -0.4 is 31.1 Å². The molecule has 4 rings (SSSR count). The van der Waals surface area contributed by atoms with Crippen LogP contribution in [0.2, 0.25) is 0 Å². The van der Waals surface area contributed by atoms with Crippen LogP contribution >= 0.6 is 7.67 Å². The molecule has 15 heteroatoms. The molecule has 5 N–H and O–H groups in total. The number of nitrogen functional groups attached to an aromatic ring is 1. The van der Waals surface area contributed by atoms with Gasteiger partial charge in [-0.05, 0) is 48.4 Å². The molecule has 1 aliphatic rings. The van der Waals surface area contributed by atoms with Gasteiger partial charge < -0.3 is 29.6 Å². The Labute approximate surface area is 235 Å². The summed E-state index contributed by atoms with van der Waals surface area (Å²) in [6, 6.07) is 15.0. The molecule has 0 spiro atoms. The third-order valence-corrected chi connectivity index (χ3v) is 8.22. The van der Waals surface area contributed by atoms with E-state index in [2.05, 4.69) is 15.2 Å². The fourth-order valence-corrected chi connectivity index (χ4v) is 5.61. The van der Waals surface area contributed by atoms with Crippen LogP contribution in [-0.4, -0.2) is 53.1 Å². The number of alkyl halides is 2. The summed E-state index contributed by atoms with van der Waals surface area (Å²) < 4.78 is 67.1. The maximum atomic E-state index is 16.0. The molecule has 3 aromatic rings. The van der Waals surface area contributed by atoms with Gasteiger partial charge in [0, 0.05) is 19.3 Å². The van der Waals surface area contributed by atoms with Crippen molar-refractivity contribution in [1.29, 1.82) is 0 Å². The second-order valence-corrected chi connectivity index (χ2v) is 11.5. The van der Waals surface area contributed by atoms with Crippen LogP contribution in [0.15, 0.2) is 65.6 Å². The number of benzene rings is 2. The van der Waals surface area contributed by atoms with E-state index in [-0.39, 0.29) is 18.9 Å². The highest BCUT2D eigenvalue weighted by molar-refractivity contribution is 7.54. The van der Waals surface area contributed by atoms with Crippen LogP contribution in [-0.2, 0) is 26.9 Å². The maximum Gasteiger partial charge on any atom is 0.351 e. The summed E-state index contributed by atoms with van der Waals surface area (Å²) in [7, 11) is -1.02. The standard InChI is InChI=1S/C26H32F2N5O7P/c1-25(27)22(34)26(28,40-23(25)33-13-12-21(29)32-24(33)35)16-39-41(36,30-14-17-4-8-19(37-2)9-5-17)31-15-18-6-10-20(38-3)11-7-18/h4-13,22-23,34H,14-16H2,1-3H3,(H2,29,32,35)(H2,30,31,36)/t22-,23+,25+,26+/m0/s1. The second-order valence-electron chi connectivity index (χ2n) is 9.54. The molecule has 4 atom stereocenters. The zero-order chi connectivity index (χ0) is 29.8. The molecule has 222 valence electrons. The monoisotopic (exact) mass is 595 g/mol. The average molecular weight is 596 g/mol. The van der Waals surface area contributed by atoms with Gasteiger partial charge in [-0.2, -0.15) is 4.98 Å². The van der Waals surface area contributed by atoms with Crippen molar-refractivity contribution in [1.82, 2.24) is 19.7 Å². The lowest BCUT2D eigenvalue weighted by atomic mass is 9.97. The first-order valence-corrected chi connectivity index (χ1v) is 14.1. The van der Waals surface area contributed by atoms with Crippen molar-refractivity contribution in [2.75, 3.05) is 26.6 Å². The molecule has 2 aromatic carbocycles. The Balaban J connectivity index is 1.53. The van der Waals surface area contributed by atoms with Gasteiger partial charge in [-0.25, -0.2) is 23.7 Å². The lowest BCUT2D eigenvalue weighted by Gasteiger charge is -2.27. The van der Waals surface area contributed by atoms with Gasteiger partial charge in [0.05, 0.1) is 14.2 Å². The zero-order valence-corrected chi connectivity index (χ0v) is 23.5. The molecule has 0 unspecified atom stereocenters. The van der Waals surface area contributed by atoms with Gasteiger partial charge in [-0.15, -0.1) is 0 Å². The van der Waals surface area contributed by atoms with Crippen LogP contribution in [0, 0.1) is 0 Å². The summed E-state index contributed by atoms with van der Waals surface area (Å²) >= 11 is 0. The lowest BCUT2D eigenvalue weighted by molar-refractivity contribution is -0.203. The van der Waals surface area contributed by atoms with E-state index >= 15 is 8.78 Å². The van der Waals surface area contributed by atoms with Crippen molar-refractivity contribution in [2.45, 2.75) is 43.9 Å². The number of nitrogens with one attached hydrogen (secondary N) is 2. The second kappa shape index (κ2) is 12.2. The number of rotatable bonds is 12. The number of hydrogen-bond acceptors (Lipinski definition) is 9.